The van der Waals surface area contributed by atoms with Gasteiger partial charge in [0.15, 0.2) is 22.9 Å². The Labute approximate surface area is 294 Å². The maximum Gasteiger partial charge on any atom is 0.286 e. The summed E-state index contributed by atoms with van der Waals surface area (Å²) in [6, 6.07) is 44.1. The Morgan fingerprint density at radius 2 is 0.979 bits per heavy atom. The van der Waals surface area contributed by atoms with Crippen LogP contribution in [0.25, 0.3) is 67.3 Å². The average molecular weight is 689 g/mol. The summed E-state index contributed by atoms with van der Waals surface area (Å²) < 4.78 is 11.3. The number of H-pyrrole nitrogens is 2. The van der Waals surface area contributed by atoms with Crippen LogP contribution in [0.5, 0.6) is 11.5 Å². The molecule has 48 heavy (non-hydrogen) atoms. The van der Waals surface area contributed by atoms with Gasteiger partial charge < -0.3 is 9.47 Å². The number of halogens is 3. The van der Waals surface area contributed by atoms with Crippen molar-refractivity contribution >= 4 is 34.8 Å². The van der Waals surface area contributed by atoms with Crippen LogP contribution >= 0.6 is 34.8 Å². The molecule has 0 atom stereocenters. The van der Waals surface area contributed by atoms with Crippen LogP contribution < -0.4 is 14.5 Å². The van der Waals surface area contributed by atoms with Gasteiger partial charge in [0.05, 0.1) is 24.8 Å². The highest BCUT2D eigenvalue weighted by molar-refractivity contribution is 6.34. The quantitative estimate of drug-likeness (QED) is 0.173. The molecule has 7 heteroatoms. The van der Waals surface area contributed by atoms with Gasteiger partial charge in [0, 0.05) is 32.3 Å². The van der Waals surface area contributed by atoms with E-state index in [1.54, 1.807) is 14.2 Å². The first-order chi connectivity index (χ1) is 23.5. The monoisotopic (exact) mass is 687 g/mol. The maximum absolute atomic E-state index is 6.97. The summed E-state index contributed by atoms with van der Waals surface area (Å²) in [5.74, 6) is 2.05. The SMILES string of the molecule is COc1ccc(-c2cc(-c3ccccc3Cl)c(-c3[nH]c(-c4ccccc4Cl)[nH+]c3-c3ccccc3)cc2-c2ccccc2Cl)cc1OC. The van der Waals surface area contributed by atoms with E-state index < -0.39 is 0 Å². The number of hydrogen-bond acceptors (Lipinski definition) is 2. The van der Waals surface area contributed by atoms with E-state index in [4.69, 9.17) is 44.3 Å². The number of imidazole rings is 1. The summed E-state index contributed by atoms with van der Waals surface area (Å²) in [5, 5.41) is 1.90. The number of rotatable bonds is 8. The van der Waals surface area contributed by atoms with Gasteiger partial charge in [-0.15, -0.1) is 0 Å². The lowest BCUT2D eigenvalue weighted by Crippen LogP contribution is -2.06. The minimum Gasteiger partial charge on any atom is -0.493 e. The van der Waals surface area contributed by atoms with Crippen molar-refractivity contribution in [3.63, 3.8) is 0 Å². The molecule has 4 nitrogen and oxygen atoms in total. The highest BCUT2D eigenvalue weighted by Crippen LogP contribution is 2.47. The van der Waals surface area contributed by atoms with Crippen molar-refractivity contribution in [2.45, 2.75) is 0 Å². The van der Waals surface area contributed by atoms with E-state index in [1.165, 1.54) is 0 Å². The van der Waals surface area contributed by atoms with Crippen LogP contribution in [-0.4, -0.2) is 19.2 Å². The molecule has 7 aromatic rings. The smallest absolute Gasteiger partial charge is 0.286 e. The van der Waals surface area contributed by atoms with Crippen molar-refractivity contribution in [3.8, 4) is 78.8 Å². The molecule has 0 aliphatic rings. The molecule has 0 fully saturated rings. The third-order valence-corrected chi connectivity index (χ3v) is 9.39. The molecular weight excluding hydrogens is 659 g/mol. The van der Waals surface area contributed by atoms with Crippen LogP contribution in [0, 0.1) is 0 Å². The van der Waals surface area contributed by atoms with Crippen LogP contribution in [-0.2, 0) is 0 Å². The molecule has 0 spiro atoms. The number of methoxy groups -OCH3 is 2. The van der Waals surface area contributed by atoms with Crippen LogP contribution in [0.3, 0.4) is 0 Å². The number of aromatic amines is 2. The first kappa shape index (κ1) is 31.6. The van der Waals surface area contributed by atoms with Gasteiger partial charge >= 0.3 is 0 Å². The number of aromatic nitrogens is 2. The lowest BCUT2D eigenvalue weighted by atomic mass is 9.86. The predicted octanol–water partition coefficient (Wildman–Crippen LogP) is 11.8. The molecule has 0 aliphatic carbocycles. The fourth-order valence-corrected chi connectivity index (χ4v) is 6.79. The summed E-state index contributed by atoms with van der Waals surface area (Å²) in [6.07, 6.45) is 0. The Bertz CT molecular complexity index is 2260. The molecule has 1 heterocycles. The van der Waals surface area contributed by atoms with Crippen molar-refractivity contribution in [3.05, 3.63) is 149 Å². The van der Waals surface area contributed by atoms with Crippen LogP contribution in [0.1, 0.15) is 0 Å². The van der Waals surface area contributed by atoms with Crippen LogP contribution in [0.2, 0.25) is 15.1 Å². The fourth-order valence-electron chi connectivity index (χ4n) is 6.08. The number of benzene rings is 6. The Kier molecular flexibility index (Phi) is 8.96. The highest BCUT2D eigenvalue weighted by atomic mass is 35.5. The Hall–Kier alpha value is -5.00. The maximum atomic E-state index is 6.97. The van der Waals surface area contributed by atoms with Crippen LogP contribution in [0.15, 0.2) is 133 Å². The third kappa shape index (κ3) is 5.95. The van der Waals surface area contributed by atoms with E-state index >= 15 is 0 Å². The van der Waals surface area contributed by atoms with Gasteiger partial charge in [-0.3, -0.25) is 0 Å². The fraction of sp³-hybridized carbons (Fsp3) is 0.0488. The second kappa shape index (κ2) is 13.6. The first-order valence-corrected chi connectivity index (χ1v) is 16.5. The van der Waals surface area contributed by atoms with Gasteiger partial charge in [-0.1, -0.05) is 120 Å². The predicted molar refractivity (Wildman–Crippen MR) is 198 cm³/mol. The zero-order chi connectivity index (χ0) is 33.2. The molecule has 2 N–H and O–H groups in total. The van der Waals surface area contributed by atoms with Crippen molar-refractivity contribution in [1.82, 2.24) is 4.98 Å². The Balaban J connectivity index is 1.60. The molecule has 1 aromatic heterocycles. The standard InChI is InChI=1S/C41H29Cl3N2O2/c1-47-37-21-20-26(22-38(37)48-2)30-23-32(28-15-7-10-18-35(28)43)33(24-31(30)27-14-6-9-17-34(27)42)40-39(25-12-4-3-5-13-25)45-41(46-40)29-16-8-11-19-36(29)44/h3-24H,1-2H3,(H,45,46)/p+1. The van der Waals surface area contributed by atoms with Crippen LogP contribution in [0.4, 0.5) is 0 Å². The lowest BCUT2D eigenvalue weighted by molar-refractivity contribution is -0.349. The van der Waals surface area contributed by atoms with Crippen molar-refractivity contribution in [2.24, 2.45) is 0 Å². The van der Waals surface area contributed by atoms with Gasteiger partial charge in [0.2, 0.25) is 0 Å². The molecule has 236 valence electrons. The zero-order valence-corrected chi connectivity index (χ0v) is 28.4. The second-order valence-corrected chi connectivity index (χ2v) is 12.4. The van der Waals surface area contributed by atoms with Gasteiger partial charge in [-0.25, -0.2) is 9.97 Å². The van der Waals surface area contributed by atoms with E-state index in [0.717, 1.165) is 67.3 Å². The number of nitrogens with one attached hydrogen (secondary N) is 2. The van der Waals surface area contributed by atoms with Crippen molar-refractivity contribution in [2.75, 3.05) is 14.2 Å². The molecular formula is C41H30Cl3N2O2+. The van der Waals surface area contributed by atoms with Gasteiger partial charge in [0.1, 0.15) is 0 Å². The summed E-state index contributed by atoms with van der Waals surface area (Å²) in [4.78, 5) is 7.38. The topological polar surface area (TPSA) is 48.4 Å². The van der Waals surface area contributed by atoms with Crippen molar-refractivity contribution < 1.29 is 14.5 Å². The Morgan fingerprint density at radius 3 is 1.56 bits per heavy atom. The van der Waals surface area contributed by atoms with Gasteiger partial charge in [-0.2, -0.15) is 0 Å². The molecule has 0 unspecified atom stereocenters. The number of ether oxygens (including phenoxy) is 2. The molecule has 0 aliphatic heterocycles. The van der Waals surface area contributed by atoms with E-state index in [0.29, 0.717) is 26.6 Å². The summed E-state index contributed by atoms with van der Waals surface area (Å²) in [6.45, 7) is 0. The largest absolute Gasteiger partial charge is 0.493 e. The lowest BCUT2D eigenvalue weighted by Gasteiger charge is -2.19. The normalized spacial score (nSPS) is 11.0. The number of hydrogen-bond donors (Lipinski definition) is 1. The third-order valence-electron chi connectivity index (χ3n) is 8.41. The summed E-state index contributed by atoms with van der Waals surface area (Å²) >= 11 is 20.6. The summed E-state index contributed by atoms with van der Waals surface area (Å²) in [5.41, 5.74) is 10.1. The van der Waals surface area contributed by atoms with Crippen molar-refractivity contribution in [1.29, 1.82) is 0 Å². The van der Waals surface area contributed by atoms with E-state index in [2.05, 4.69) is 34.2 Å². The zero-order valence-electron chi connectivity index (χ0n) is 26.2. The molecule has 0 amide bonds. The highest BCUT2D eigenvalue weighted by Gasteiger charge is 2.28. The van der Waals surface area contributed by atoms with E-state index in [-0.39, 0.29) is 0 Å². The molecule has 0 bridgehead atoms. The minimum absolute atomic E-state index is 0.623. The second-order valence-electron chi connectivity index (χ2n) is 11.2. The molecule has 0 saturated carbocycles. The summed E-state index contributed by atoms with van der Waals surface area (Å²) in [7, 11) is 3.27. The molecule has 0 saturated heterocycles. The molecule has 7 rings (SSSR count). The first-order valence-electron chi connectivity index (χ1n) is 15.3. The van der Waals surface area contributed by atoms with E-state index in [9.17, 15) is 0 Å². The molecule has 0 radical (unpaired) electrons. The minimum atomic E-state index is 0.623. The van der Waals surface area contributed by atoms with Gasteiger partial charge in [0.25, 0.3) is 5.82 Å². The average Bonchev–Trinajstić information content (AvgIpc) is 3.57. The molecule has 6 aromatic carbocycles. The Morgan fingerprint density at radius 1 is 0.458 bits per heavy atom. The van der Waals surface area contributed by atoms with E-state index in [1.807, 2.05) is 109 Å². The van der Waals surface area contributed by atoms with Gasteiger partial charge in [-0.05, 0) is 70.8 Å².